The molecule has 0 radical (unpaired) electrons. The third-order valence-corrected chi connectivity index (χ3v) is 7.10. The molecule has 0 unspecified atom stereocenters. The number of unbranched alkanes of at least 4 members (excludes halogenated alkanes) is 3. The Kier molecular flexibility index (Phi) is 13.1. The summed E-state index contributed by atoms with van der Waals surface area (Å²) in [5.74, 6) is -2.27. The molecule has 4 rings (SSSR count). The van der Waals surface area contributed by atoms with Gasteiger partial charge in [-0.05, 0) is 73.6 Å². The number of para-hydroxylation sites is 2. The second-order valence-corrected chi connectivity index (χ2v) is 10.5. The monoisotopic (exact) mass is 616 g/mol. The van der Waals surface area contributed by atoms with Crippen molar-refractivity contribution in [1.29, 1.82) is 0 Å². The Morgan fingerprint density at radius 2 is 1.73 bits per heavy atom. The summed E-state index contributed by atoms with van der Waals surface area (Å²) in [6.45, 7) is 1.59. The fourth-order valence-corrected chi connectivity index (χ4v) is 4.84. The van der Waals surface area contributed by atoms with Crippen LogP contribution < -0.4 is 5.32 Å². The van der Waals surface area contributed by atoms with Crippen LogP contribution in [0.1, 0.15) is 50.5 Å². The number of carbonyl (C=O) groups excluding carboxylic acids is 2. The van der Waals surface area contributed by atoms with Gasteiger partial charge >= 0.3 is 11.9 Å². The number of ether oxygens (including phenoxy) is 3. The molecule has 0 saturated heterocycles. The largest absolute Gasteiger partial charge is 0.479 e. The van der Waals surface area contributed by atoms with Crippen LogP contribution in [-0.4, -0.2) is 66.5 Å². The number of carboxylic acids is 1. The molecule has 238 valence electrons. The highest BCUT2D eigenvalue weighted by atomic mass is 16.6. The maximum atomic E-state index is 13.1. The number of hydrogen-bond acceptors (Lipinski definition) is 8. The number of amides is 1. The number of aliphatic carboxylic acids is 1. The molecule has 1 aromatic heterocycles. The Morgan fingerprint density at radius 3 is 2.53 bits per heavy atom. The van der Waals surface area contributed by atoms with Crippen molar-refractivity contribution in [3.8, 4) is 0 Å². The van der Waals surface area contributed by atoms with Gasteiger partial charge in [0, 0.05) is 13.2 Å². The van der Waals surface area contributed by atoms with Crippen molar-refractivity contribution >= 4 is 45.8 Å². The minimum atomic E-state index is -1.68. The summed E-state index contributed by atoms with van der Waals surface area (Å²) in [5.41, 5.74) is 2.72. The second-order valence-electron chi connectivity index (χ2n) is 10.5. The van der Waals surface area contributed by atoms with Crippen molar-refractivity contribution in [2.75, 3.05) is 26.4 Å². The molecular formula is C35H40N2O8. The van der Waals surface area contributed by atoms with Crippen LogP contribution in [0.4, 0.5) is 0 Å². The molecule has 45 heavy (non-hydrogen) atoms. The molecule has 0 saturated carbocycles. The zero-order chi connectivity index (χ0) is 31.9. The normalized spacial score (nSPS) is 12.8. The lowest BCUT2D eigenvalue weighted by atomic mass is 10.0. The lowest BCUT2D eigenvalue weighted by Gasteiger charge is -2.23. The van der Waals surface area contributed by atoms with Gasteiger partial charge in [0.2, 0.25) is 5.89 Å². The number of carbonyl (C=O) groups is 3. The smallest absolute Gasteiger partial charge is 0.336 e. The molecule has 4 aromatic rings. The number of aryl methyl sites for hydroxylation is 1. The highest BCUT2D eigenvalue weighted by Gasteiger charge is 2.36. The van der Waals surface area contributed by atoms with Gasteiger partial charge in [0.25, 0.3) is 5.91 Å². The number of fused-ring (bicyclic) bond motifs is 2. The predicted molar refractivity (Wildman–Crippen MR) is 171 cm³/mol. The molecule has 2 atom stereocenters. The van der Waals surface area contributed by atoms with Gasteiger partial charge in [0.1, 0.15) is 12.1 Å². The van der Waals surface area contributed by atoms with E-state index in [1.165, 1.54) is 16.3 Å². The van der Waals surface area contributed by atoms with E-state index in [1.807, 2.05) is 42.5 Å². The van der Waals surface area contributed by atoms with Gasteiger partial charge in [-0.15, -0.1) is 0 Å². The van der Waals surface area contributed by atoms with Gasteiger partial charge in [-0.3, -0.25) is 4.79 Å². The van der Waals surface area contributed by atoms with Crippen molar-refractivity contribution in [1.82, 2.24) is 10.3 Å². The Morgan fingerprint density at radius 1 is 0.933 bits per heavy atom. The summed E-state index contributed by atoms with van der Waals surface area (Å²) in [4.78, 5) is 41.3. The summed E-state index contributed by atoms with van der Waals surface area (Å²) in [5, 5.41) is 15.0. The van der Waals surface area contributed by atoms with Gasteiger partial charge in [0.05, 0.1) is 6.61 Å². The summed E-state index contributed by atoms with van der Waals surface area (Å²) in [6.07, 6.45) is 5.04. The van der Waals surface area contributed by atoms with E-state index in [0.29, 0.717) is 37.3 Å². The molecule has 2 N–H and O–H groups in total. The first-order chi connectivity index (χ1) is 21.9. The van der Waals surface area contributed by atoms with E-state index in [-0.39, 0.29) is 13.2 Å². The van der Waals surface area contributed by atoms with Crippen LogP contribution in [0.15, 0.2) is 77.2 Å². The van der Waals surface area contributed by atoms with E-state index in [1.54, 1.807) is 13.0 Å². The van der Waals surface area contributed by atoms with Crippen LogP contribution in [-0.2, 0) is 35.0 Å². The van der Waals surface area contributed by atoms with Crippen molar-refractivity contribution < 1.29 is 38.1 Å². The van der Waals surface area contributed by atoms with Crippen molar-refractivity contribution in [2.45, 2.75) is 57.7 Å². The fourth-order valence-electron chi connectivity index (χ4n) is 4.84. The zero-order valence-electron chi connectivity index (χ0n) is 25.5. The average Bonchev–Trinajstić information content (AvgIpc) is 3.46. The number of allylic oxidation sites excluding steroid dienone is 1. The van der Waals surface area contributed by atoms with E-state index in [9.17, 15) is 19.5 Å². The third-order valence-electron chi connectivity index (χ3n) is 7.10. The van der Waals surface area contributed by atoms with Gasteiger partial charge in [-0.2, -0.15) is 0 Å². The summed E-state index contributed by atoms with van der Waals surface area (Å²) < 4.78 is 21.5. The molecule has 0 aliphatic heterocycles. The van der Waals surface area contributed by atoms with Crippen LogP contribution >= 0.6 is 0 Å². The Balaban J connectivity index is 1.25. The van der Waals surface area contributed by atoms with E-state index in [0.717, 1.165) is 24.8 Å². The highest BCUT2D eigenvalue weighted by molar-refractivity contribution is 5.88. The van der Waals surface area contributed by atoms with E-state index in [4.69, 9.17) is 18.6 Å². The third kappa shape index (κ3) is 10.5. The maximum absolute atomic E-state index is 13.1. The Hall–Kier alpha value is -4.54. The minimum absolute atomic E-state index is 0.0916. The standard InChI is InChI=1S/C35H40N2O8/c1-2-42-31(38)24-44-33(35(40)41)32(43-22-12-4-6-18-30-37-28-16-9-10-17-29(28)45-30)34(39)36-21-11-3-5-13-25-19-20-26-14-7-8-15-27(26)23-25/h6-10,14-20,23,32-33H,2-5,11-13,21-22,24H2,1H3,(H,36,39)(H,40,41)/t32-,33-/m1/s1. The molecule has 10 heteroatoms. The van der Waals surface area contributed by atoms with E-state index >= 15 is 0 Å². The van der Waals surface area contributed by atoms with Gasteiger partial charge in [-0.1, -0.05) is 67.1 Å². The van der Waals surface area contributed by atoms with Crippen LogP contribution in [0.5, 0.6) is 0 Å². The van der Waals surface area contributed by atoms with Crippen molar-refractivity contribution in [3.05, 3.63) is 84.3 Å². The molecule has 1 amide bonds. The number of nitrogens with zero attached hydrogens (tertiary/aromatic N) is 1. The van der Waals surface area contributed by atoms with Crippen LogP contribution in [0.2, 0.25) is 0 Å². The number of carboxylic acid groups (broad SMARTS) is 1. The molecule has 1 heterocycles. The number of rotatable bonds is 19. The van der Waals surface area contributed by atoms with Crippen molar-refractivity contribution in [2.24, 2.45) is 0 Å². The first kappa shape index (κ1) is 33.4. The SMILES string of the molecule is CCOC(=O)CO[C@@H](C(=O)O)[C@@H](OCCCC=Cc1nc2ccccc2o1)C(=O)NCCCCCc1ccc2ccccc2c1. The lowest BCUT2D eigenvalue weighted by molar-refractivity contribution is -0.174. The number of esters is 1. The molecule has 10 nitrogen and oxygen atoms in total. The van der Waals surface area contributed by atoms with Crippen LogP contribution in [0.25, 0.3) is 27.9 Å². The molecule has 0 fully saturated rings. The summed E-state index contributed by atoms with van der Waals surface area (Å²) >= 11 is 0. The molecule has 0 spiro atoms. The predicted octanol–water partition coefficient (Wildman–Crippen LogP) is 5.72. The maximum Gasteiger partial charge on any atom is 0.336 e. The van der Waals surface area contributed by atoms with Gasteiger partial charge in [0.15, 0.2) is 17.8 Å². The molecule has 3 aromatic carbocycles. The van der Waals surface area contributed by atoms with Crippen molar-refractivity contribution in [3.63, 3.8) is 0 Å². The van der Waals surface area contributed by atoms with E-state index in [2.05, 4.69) is 40.6 Å². The van der Waals surface area contributed by atoms with Crippen LogP contribution in [0.3, 0.4) is 0 Å². The molecule has 0 bridgehead atoms. The summed E-state index contributed by atoms with van der Waals surface area (Å²) in [7, 11) is 0. The van der Waals surface area contributed by atoms with Crippen LogP contribution in [0, 0.1) is 0 Å². The number of aromatic nitrogens is 1. The Labute approximate surface area is 262 Å². The van der Waals surface area contributed by atoms with Gasteiger partial charge < -0.3 is 29.1 Å². The minimum Gasteiger partial charge on any atom is -0.479 e. The number of benzene rings is 3. The van der Waals surface area contributed by atoms with Gasteiger partial charge in [-0.25, -0.2) is 14.6 Å². The quantitative estimate of drug-likeness (QED) is 0.100. The number of nitrogens with one attached hydrogen (secondary N) is 1. The average molecular weight is 617 g/mol. The lowest BCUT2D eigenvalue weighted by Crippen LogP contribution is -2.49. The first-order valence-corrected chi connectivity index (χ1v) is 15.3. The first-order valence-electron chi connectivity index (χ1n) is 15.3. The fraction of sp³-hybridized carbons (Fsp3) is 0.371. The molecule has 0 aliphatic rings. The zero-order valence-corrected chi connectivity index (χ0v) is 25.5. The van der Waals surface area contributed by atoms with E-state index < -0.39 is 36.7 Å². The molecular weight excluding hydrogens is 576 g/mol. The number of hydrogen-bond donors (Lipinski definition) is 2. The highest BCUT2D eigenvalue weighted by Crippen LogP contribution is 2.18. The second kappa shape index (κ2) is 17.7. The summed E-state index contributed by atoms with van der Waals surface area (Å²) in [6, 6.07) is 22.2. The number of oxazole rings is 1. The molecule has 0 aliphatic carbocycles. The topological polar surface area (TPSA) is 137 Å². The Bertz CT molecular complexity index is 1550.